The Morgan fingerprint density at radius 2 is 2.06 bits per heavy atom. The van der Waals surface area contributed by atoms with Crippen LogP contribution in [-0.4, -0.2) is 48.7 Å². The van der Waals surface area contributed by atoms with Crippen LogP contribution in [0.25, 0.3) is 0 Å². The summed E-state index contributed by atoms with van der Waals surface area (Å²) in [5.74, 6) is -1.38. The van der Waals surface area contributed by atoms with Crippen molar-refractivity contribution in [1.82, 2.24) is 4.90 Å². The smallest absolute Gasteiger partial charge is 0.323 e. The van der Waals surface area contributed by atoms with Gasteiger partial charge < -0.3 is 14.7 Å². The van der Waals surface area contributed by atoms with Crippen molar-refractivity contribution < 1.29 is 19.4 Å². The number of halogens is 1. The fraction of sp³-hybridized carbons (Fsp3) is 0.333. The Morgan fingerprint density at radius 1 is 1.39 bits per heavy atom. The van der Waals surface area contributed by atoms with Gasteiger partial charge in [-0.15, -0.1) is 0 Å². The highest BCUT2D eigenvalue weighted by Gasteiger charge is 2.19. The molecule has 5 nitrogen and oxygen atoms in total. The molecule has 0 aliphatic rings. The predicted octanol–water partition coefficient (Wildman–Crippen LogP) is 1.62. The SMILES string of the molecule is COCCN(CC(=O)O)C(=O)c1ccccc1Br. The van der Waals surface area contributed by atoms with Crippen LogP contribution in [0.4, 0.5) is 0 Å². The van der Waals surface area contributed by atoms with Gasteiger partial charge in [-0.25, -0.2) is 0 Å². The van der Waals surface area contributed by atoms with Crippen molar-refractivity contribution >= 4 is 27.8 Å². The molecular formula is C12H14BrNO4. The van der Waals surface area contributed by atoms with E-state index < -0.39 is 5.97 Å². The molecule has 6 heteroatoms. The maximum Gasteiger partial charge on any atom is 0.323 e. The minimum absolute atomic E-state index is 0.239. The number of hydrogen-bond acceptors (Lipinski definition) is 3. The van der Waals surface area contributed by atoms with Crippen LogP contribution in [0.1, 0.15) is 10.4 Å². The number of carboxylic acid groups (broad SMARTS) is 1. The van der Waals surface area contributed by atoms with E-state index in [1.807, 2.05) is 0 Å². The molecule has 1 aromatic rings. The molecule has 0 fully saturated rings. The number of aliphatic carboxylic acids is 1. The van der Waals surface area contributed by atoms with E-state index in [0.29, 0.717) is 16.6 Å². The van der Waals surface area contributed by atoms with Crippen LogP contribution in [0.5, 0.6) is 0 Å². The second-order valence-corrected chi connectivity index (χ2v) is 4.45. The summed E-state index contributed by atoms with van der Waals surface area (Å²) in [6.45, 7) is 0.190. The van der Waals surface area contributed by atoms with E-state index in [9.17, 15) is 9.59 Å². The summed E-state index contributed by atoms with van der Waals surface area (Å²) >= 11 is 3.27. The number of carboxylic acids is 1. The third kappa shape index (κ3) is 4.12. The zero-order valence-electron chi connectivity index (χ0n) is 9.93. The highest BCUT2D eigenvalue weighted by molar-refractivity contribution is 9.10. The number of benzene rings is 1. The number of amides is 1. The molecule has 0 heterocycles. The van der Waals surface area contributed by atoms with Crippen molar-refractivity contribution in [2.24, 2.45) is 0 Å². The molecule has 0 unspecified atom stereocenters. The maximum atomic E-state index is 12.2. The van der Waals surface area contributed by atoms with E-state index in [1.54, 1.807) is 24.3 Å². The molecule has 1 aromatic carbocycles. The monoisotopic (exact) mass is 315 g/mol. The molecule has 0 spiro atoms. The van der Waals surface area contributed by atoms with Gasteiger partial charge >= 0.3 is 5.97 Å². The molecule has 0 atom stereocenters. The van der Waals surface area contributed by atoms with E-state index in [2.05, 4.69) is 15.9 Å². The van der Waals surface area contributed by atoms with Gasteiger partial charge in [0, 0.05) is 18.1 Å². The summed E-state index contributed by atoms with van der Waals surface area (Å²) in [6, 6.07) is 6.90. The van der Waals surface area contributed by atoms with Gasteiger partial charge in [0.05, 0.1) is 12.2 Å². The van der Waals surface area contributed by atoms with E-state index in [4.69, 9.17) is 9.84 Å². The Morgan fingerprint density at radius 3 is 2.61 bits per heavy atom. The molecule has 0 radical (unpaired) electrons. The van der Waals surface area contributed by atoms with Crippen LogP contribution in [0.15, 0.2) is 28.7 Å². The highest BCUT2D eigenvalue weighted by Crippen LogP contribution is 2.17. The van der Waals surface area contributed by atoms with Gasteiger partial charge in [0.1, 0.15) is 6.54 Å². The minimum atomic E-state index is -1.05. The first kappa shape index (κ1) is 14.7. The van der Waals surface area contributed by atoms with Gasteiger partial charge in [-0.05, 0) is 28.1 Å². The van der Waals surface area contributed by atoms with Gasteiger partial charge in [0.15, 0.2) is 0 Å². The van der Waals surface area contributed by atoms with Crippen LogP contribution in [0.3, 0.4) is 0 Å². The van der Waals surface area contributed by atoms with E-state index >= 15 is 0 Å². The highest BCUT2D eigenvalue weighted by atomic mass is 79.9. The minimum Gasteiger partial charge on any atom is -0.480 e. The summed E-state index contributed by atoms with van der Waals surface area (Å²) in [5, 5.41) is 8.80. The Balaban J connectivity index is 2.87. The summed E-state index contributed by atoms with van der Waals surface area (Å²) in [5.41, 5.74) is 0.440. The molecule has 0 saturated carbocycles. The fourth-order valence-electron chi connectivity index (χ4n) is 1.42. The van der Waals surface area contributed by atoms with Crippen molar-refractivity contribution in [1.29, 1.82) is 0 Å². The number of hydrogen-bond donors (Lipinski definition) is 1. The maximum absolute atomic E-state index is 12.2. The van der Waals surface area contributed by atoms with Crippen LogP contribution in [0, 0.1) is 0 Å². The Labute approximate surface area is 113 Å². The van der Waals surface area contributed by atoms with E-state index in [1.165, 1.54) is 12.0 Å². The average molecular weight is 316 g/mol. The Kier molecular flexibility index (Phi) is 5.80. The van der Waals surface area contributed by atoms with Crippen molar-refractivity contribution in [2.45, 2.75) is 0 Å². The molecule has 1 rings (SSSR count). The zero-order valence-corrected chi connectivity index (χ0v) is 11.5. The van der Waals surface area contributed by atoms with Gasteiger partial charge in [-0.1, -0.05) is 12.1 Å². The van der Waals surface area contributed by atoms with E-state index in [0.717, 1.165) is 0 Å². The number of rotatable bonds is 6. The first-order valence-corrected chi connectivity index (χ1v) is 6.10. The molecule has 1 N–H and O–H groups in total. The van der Waals surface area contributed by atoms with Gasteiger partial charge in [0.2, 0.25) is 0 Å². The summed E-state index contributed by atoms with van der Waals surface area (Å²) < 4.78 is 5.51. The largest absolute Gasteiger partial charge is 0.480 e. The standard InChI is InChI=1S/C12H14BrNO4/c1-18-7-6-14(8-11(15)16)12(17)9-4-2-3-5-10(9)13/h2-5H,6-8H2,1H3,(H,15,16). The van der Waals surface area contributed by atoms with Gasteiger partial charge in [-0.3, -0.25) is 9.59 Å². The first-order chi connectivity index (χ1) is 8.56. The average Bonchev–Trinajstić information content (AvgIpc) is 2.34. The normalized spacial score (nSPS) is 10.1. The molecule has 1 amide bonds. The Hall–Kier alpha value is -1.40. The number of carbonyl (C=O) groups excluding carboxylic acids is 1. The topological polar surface area (TPSA) is 66.8 Å². The van der Waals surface area contributed by atoms with Gasteiger partial charge in [0.25, 0.3) is 5.91 Å². The van der Waals surface area contributed by atoms with Gasteiger partial charge in [-0.2, -0.15) is 0 Å². The lowest BCUT2D eigenvalue weighted by Gasteiger charge is -2.20. The van der Waals surface area contributed by atoms with Crippen LogP contribution >= 0.6 is 15.9 Å². The molecular weight excluding hydrogens is 302 g/mol. The predicted molar refractivity (Wildman–Crippen MR) is 69.6 cm³/mol. The summed E-state index contributed by atoms with van der Waals surface area (Å²) in [4.78, 5) is 24.2. The van der Waals surface area contributed by atoms with Crippen molar-refractivity contribution in [3.8, 4) is 0 Å². The zero-order chi connectivity index (χ0) is 13.5. The molecule has 0 aliphatic carbocycles. The number of carbonyl (C=O) groups is 2. The lowest BCUT2D eigenvalue weighted by molar-refractivity contribution is -0.137. The molecule has 0 saturated heterocycles. The lowest BCUT2D eigenvalue weighted by Crippen LogP contribution is -2.38. The second-order valence-electron chi connectivity index (χ2n) is 3.59. The van der Waals surface area contributed by atoms with Crippen molar-refractivity contribution in [2.75, 3.05) is 26.8 Å². The third-order valence-electron chi connectivity index (χ3n) is 2.28. The molecule has 0 aromatic heterocycles. The molecule has 98 valence electrons. The molecule has 0 aliphatic heterocycles. The van der Waals surface area contributed by atoms with Crippen LogP contribution in [0.2, 0.25) is 0 Å². The number of ether oxygens (including phenoxy) is 1. The number of methoxy groups -OCH3 is 1. The van der Waals surface area contributed by atoms with Crippen molar-refractivity contribution in [3.63, 3.8) is 0 Å². The summed E-state index contributed by atoms with van der Waals surface area (Å²) in [7, 11) is 1.50. The van der Waals surface area contributed by atoms with Crippen LogP contribution in [-0.2, 0) is 9.53 Å². The summed E-state index contributed by atoms with van der Waals surface area (Å²) in [6.07, 6.45) is 0. The van der Waals surface area contributed by atoms with Crippen LogP contribution < -0.4 is 0 Å². The third-order valence-corrected chi connectivity index (χ3v) is 2.97. The fourth-order valence-corrected chi connectivity index (χ4v) is 1.88. The van der Waals surface area contributed by atoms with E-state index in [-0.39, 0.29) is 19.0 Å². The lowest BCUT2D eigenvalue weighted by atomic mass is 10.2. The second kappa shape index (κ2) is 7.13. The van der Waals surface area contributed by atoms with Crippen molar-refractivity contribution in [3.05, 3.63) is 34.3 Å². The first-order valence-electron chi connectivity index (χ1n) is 5.30. The quantitative estimate of drug-likeness (QED) is 0.866. The molecule has 0 bridgehead atoms. The Bertz CT molecular complexity index is 436. The number of nitrogens with zero attached hydrogens (tertiary/aromatic N) is 1. The molecule has 18 heavy (non-hydrogen) atoms.